The van der Waals surface area contributed by atoms with Crippen molar-refractivity contribution >= 4 is 17.8 Å². The second-order valence-corrected chi connectivity index (χ2v) is 7.37. The van der Waals surface area contributed by atoms with E-state index in [1.807, 2.05) is 60.7 Å². The van der Waals surface area contributed by atoms with Gasteiger partial charge >= 0.3 is 6.09 Å². The number of ether oxygens (including phenoxy) is 2. The summed E-state index contributed by atoms with van der Waals surface area (Å²) < 4.78 is 10.8. The van der Waals surface area contributed by atoms with E-state index in [-0.39, 0.29) is 25.5 Å². The standard InChI is InChI=1S/C22H23N3O5/c23-17-13-29-21-18(20(27)25(17)21)19(26)16(11-14-7-3-1-4-8-14)24-22(28)30-12-15-9-5-2-6-10-15/h1-10,16-18,21H,11-13,23H2,(H,24,28)/t16-,17?,18-,21-/m0/s1. The number of hydrogen-bond donors (Lipinski definition) is 2. The molecule has 4 atom stereocenters. The van der Waals surface area contributed by atoms with Gasteiger partial charge in [0.15, 0.2) is 12.0 Å². The molecule has 0 aliphatic carbocycles. The number of carbonyl (C=O) groups is 3. The Labute approximate surface area is 173 Å². The van der Waals surface area contributed by atoms with E-state index in [2.05, 4.69) is 5.32 Å². The zero-order valence-corrected chi connectivity index (χ0v) is 16.3. The maximum atomic E-state index is 13.2. The van der Waals surface area contributed by atoms with Crippen LogP contribution in [0.15, 0.2) is 60.7 Å². The molecule has 0 saturated carbocycles. The molecule has 0 spiro atoms. The molecule has 8 heteroatoms. The van der Waals surface area contributed by atoms with Crippen LogP contribution in [0.3, 0.4) is 0 Å². The SMILES string of the molecule is NC1CO[C@H]2[C@@H](C(=O)[C@H](Cc3ccccc3)NC(=O)OCc3ccccc3)C(=O)N12. The van der Waals surface area contributed by atoms with Gasteiger partial charge < -0.3 is 20.5 Å². The van der Waals surface area contributed by atoms with E-state index in [9.17, 15) is 14.4 Å². The van der Waals surface area contributed by atoms with Crippen LogP contribution < -0.4 is 11.1 Å². The fourth-order valence-corrected chi connectivity index (χ4v) is 3.75. The number of benzene rings is 2. The van der Waals surface area contributed by atoms with Crippen LogP contribution in [0.25, 0.3) is 0 Å². The highest BCUT2D eigenvalue weighted by Gasteiger charge is 2.58. The summed E-state index contributed by atoms with van der Waals surface area (Å²) in [6, 6.07) is 17.6. The number of fused-ring (bicyclic) bond motifs is 1. The van der Waals surface area contributed by atoms with Crippen molar-refractivity contribution in [2.24, 2.45) is 11.7 Å². The third-order valence-electron chi connectivity index (χ3n) is 5.31. The van der Waals surface area contributed by atoms with Crippen LogP contribution in [0.2, 0.25) is 0 Å². The lowest BCUT2D eigenvalue weighted by molar-refractivity contribution is -0.177. The smallest absolute Gasteiger partial charge is 0.408 e. The predicted molar refractivity (Wildman–Crippen MR) is 107 cm³/mol. The molecular formula is C22H23N3O5. The lowest BCUT2D eigenvalue weighted by atomic mass is 9.85. The highest BCUT2D eigenvalue weighted by Crippen LogP contribution is 2.35. The summed E-state index contributed by atoms with van der Waals surface area (Å²) >= 11 is 0. The van der Waals surface area contributed by atoms with Crippen LogP contribution in [0.5, 0.6) is 0 Å². The van der Waals surface area contributed by atoms with Crippen LogP contribution in [-0.4, -0.2) is 47.7 Å². The summed E-state index contributed by atoms with van der Waals surface area (Å²) in [6.07, 6.45) is -1.69. The second kappa shape index (κ2) is 8.64. The van der Waals surface area contributed by atoms with Crippen LogP contribution in [0.1, 0.15) is 11.1 Å². The largest absolute Gasteiger partial charge is 0.445 e. The van der Waals surface area contributed by atoms with E-state index < -0.39 is 36.2 Å². The second-order valence-electron chi connectivity index (χ2n) is 7.37. The minimum absolute atomic E-state index is 0.0790. The third-order valence-corrected chi connectivity index (χ3v) is 5.31. The highest BCUT2D eigenvalue weighted by atomic mass is 16.5. The average Bonchev–Trinajstić information content (AvgIpc) is 3.09. The number of carbonyl (C=O) groups excluding carboxylic acids is 3. The molecule has 3 N–H and O–H groups in total. The summed E-state index contributed by atoms with van der Waals surface area (Å²) in [6.45, 7) is 0.270. The maximum Gasteiger partial charge on any atom is 0.408 e. The van der Waals surface area contributed by atoms with E-state index in [1.54, 1.807) is 0 Å². The first-order valence-corrected chi connectivity index (χ1v) is 9.79. The van der Waals surface area contributed by atoms with E-state index in [1.165, 1.54) is 4.90 Å². The Morgan fingerprint density at radius 1 is 1.10 bits per heavy atom. The number of ketones is 1. The number of nitrogens with zero attached hydrogens (tertiary/aromatic N) is 1. The van der Waals surface area contributed by atoms with Crippen LogP contribution in [0.4, 0.5) is 4.79 Å². The molecule has 0 radical (unpaired) electrons. The Kier molecular flexibility index (Phi) is 5.78. The van der Waals surface area contributed by atoms with Crippen molar-refractivity contribution in [2.45, 2.75) is 31.5 Å². The van der Waals surface area contributed by atoms with Crippen molar-refractivity contribution in [3.8, 4) is 0 Å². The van der Waals surface area contributed by atoms with E-state index in [4.69, 9.17) is 15.2 Å². The molecule has 8 nitrogen and oxygen atoms in total. The Hall–Kier alpha value is -3.23. The molecule has 2 fully saturated rings. The summed E-state index contributed by atoms with van der Waals surface area (Å²) in [5, 5.41) is 2.63. The van der Waals surface area contributed by atoms with Gasteiger partial charge in [-0.3, -0.25) is 14.5 Å². The minimum atomic E-state index is -0.971. The van der Waals surface area contributed by atoms with Gasteiger partial charge in [0.05, 0.1) is 12.6 Å². The first kappa shape index (κ1) is 20.1. The quantitative estimate of drug-likeness (QED) is 0.525. The normalized spacial score (nSPS) is 23.3. The van der Waals surface area contributed by atoms with Gasteiger partial charge in [-0.15, -0.1) is 0 Å². The predicted octanol–water partition coefficient (Wildman–Crippen LogP) is 1.19. The first-order valence-electron chi connectivity index (χ1n) is 9.79. The molecule has 2 aliphatic rings. The van der Waals surface area contributed by atoms with Gasteiger partial charge in [-0.25, -0.2) is 4.79 Å². The highest BCUT2D eigenvalue weighted by molar-refractivity contribution is 6.09. The van der Waals surface area contributed by atoms with Crippen molar-refractivity contribution < 1.29 is 23.9 Å². The molecule has 0 aromatic heterocycles. The maximum absolute atomic E-state index is 13.2. The molecule has 0 bridgehead atoms. The summed E-state index contributed by atoms with van der Waals surface area (Å²) in [7, 11) is 0. The lowest BCUT2D eigenvalue weighted by Gasteiger charge is -2.42. The molecule has 2 heterocycles. The van der Waals surface area contributed by atoms with Gasteiger partial charge in [0.2, 0.25) is 5.91 Å². The number of Topliss-reactive ketones (excluding diaryl/α,β-unsaturated/α-hetero) is 1. The third kappa shape index (κ3) is 4.05. The number of alkyl carbamates (subject to hydrolysis) is 1. The molecule has 1 unspecified atom stereocenters. The molecule has 4 rings (SSSR count). The number of amides is 2. The molecule has 30 heavy (non-hydrogen) atoms. The summed E-state index contributed by atoms with van der Waals surface area (Å²) in [4.78, 5) is 39.4. The van der Waals surface area contributed by atoms with Crippen LogP contribution in [-0.2, 0) is 32.1 Å². The lowest BCUT2D eigenvalue weighted by Crippen LogP contribution is -2.67. The van der Waals surface area contributed by atoms with E-state index >= 15 is 0 Å². The zero-order chi connectivity index (χ0) is 21.1. The molecule has 2 aromatic rings. The van der Waals surface area contributed by atoms with Gasteiger partial charge in [0, 0.05) is 0 Å². The van der Waals surface area contributed by atoms with Gasteiger partial charge in [0.1, 0.15) is 18.7 Å². The zero-order valence-electron chi connectivity index (χ0n) is 16.3. The molecule has 2 aliphatic heterocycles. The first-order chi connectivity index (χ1) is 14.5. The number of nitrogens with one attached hydrogen (secondary N) is 1. The molecule has 2 saturated heterocycles. The number of β-lactam (4-membered cyclic amide) rings is 1. The fourth-order valence-electron chi connectivity index (χ4n) is 3.75. The number of hydrogen-bond acceptors (Lipinski definition) is 6. The van der Waals surface area contributed by atoms with E-state index in [0.29, 0.717) is 0 Å². The van der Waals surface area contributed by atoms with Gasteiger partial charge in [0.25, 0.3) is 0 Å². The Morgan fingerprint density at radius 2 is 1.73 bits per heavy atom. The van der Waals surface area contributed by atoms with Gasteiger partial charge in [-0.05, 0) is 17.5 Å². The summed E-state index contributed by atoms with van der Waals surface area (Å²) in [5.74, 6) is -1.75. The van der Waals surface area contributed by atoms with Crippen molar-refractivity contribution in [2.75, 3.05) is 6.61 Å². The average molecular weight is 409 g/mol. The van der Waals surface area contributed by atoms with Crippen molar-refractivity contribution in [1.82, 2.24) is 10.2 Å². The van der Waals surface area contributed by atoms with Crippen molar-refractivity contribution in [3.05, 3.63) is 71.8 Å². The number of nitrogens with two attached hydrogens (primary N) is 1. The Balaban J connectivity index is 1.44. The fraction of sp³-hybridized carbons (Fsp3) is 0.318. The Morgan fingerprint density at radius 3 is 2.40 bits per heavy atom. The molecule has 2 aromatic carbocycles. The number of rotatable bonds is 7. The van der Waals surface area contributed by atoms with Crippen molar-refractivity contribution in [3.63, 3.8) is 0 Å². The van der Waals surface area contributed by atoms with Gasteiger partial charge in [-0.2, -0.15) is 0 Å². The van der Waals surface area contributed by atoms with Gasteiger partial charge in [-0.1, -0.05) is 60.7 Å². The molecule has 156 valence electrons. The monoisotopic (exact) mass is 409 g/mol. The van der Waals surface area contributed by atoms with Crippen molar-refractivity contribution in [1.29, 1.82) is 0 Å². The summed E-state index contributed by atoms with van der Waals surface area (Å²) in [5.41, 5.74) is 7.51. The topological polar surface area (TPSA) is 111 Å². The minimum Gasteiger partial charge on any atom is -0.445 e. The van der Waals surface area contributed by atoms with Crippen LogP contribution >= 0.6 is 0 Å². The molecular weight excluding hydrogens is 386 g/mol. The van der Waals surface area contributed by atoms with Crippen LogP contribution in [0, 0.1) is 5.92 Å². The Bertz CT molecular complexity index is 921. The molecule has 2 amide bonds. The van der Waals surface area contributed by atoms with E-state index in [0.717, 1.165) is 11.1 Å².